The van der Waals surface area contributed by atoms with Crippen molar-refractivity contribution >= 4 is 14.3 Å². The van der Waals surface area contributed by atoms with Gasteiger partial charge in [-0.25, -0.2) is 4.79 Å². The van der Waals surface area contributed by atoms with Crippen LogP contribution in [0.15, 0.2) is 12.2 Å². The minimum Gasteiger partial charge on any atom is -0.460 e. The molecule has 0 spiro atoms. The Hall–Kier alpha value is -0.813. The van der Waals surface area contributed by atoms with Gasteiger partial charge in [0.25, 0.3) is 0 Å². The van der Waals surface area contributed by atoms with Gasteiger partial charge < -0.3 is 32.8 Å². The van der Waals surface area contributed by atoms with Crippen LogP contribution < -0.4 is 0 Å². The number of carbonyl (C=O) groups excluding carboxylic acids is 1. The molecule has 0 aliphatic carbocycles. The lowest BCUT2D eigenvalue weighted by molar-refractivity contribution is -0.140. The molecule has 8 nitrogen and oxygen atoms in total. The van der Waals surface area contributed by atoms with E-state index in [0.717, 1.165) is 0 Å². The first kappa shape index (κ1) is 27.2. The zero-order valence-corrected chi connectivity index (χ0v) is 19.0. The van der Waals surface area contributed by atoms with Crippen molar-refractivity contribution in [3.8, 4) is 0 Å². The molecule has 0 aromatic carbocycles. The third kappa shape index (κ3) is 21.5. The van der Waals surface area contributed by atoms with Gasteiger partial charge in [0.15, 0.2) is 8.32 Å². The summed E-state index contributed by atoms with van der Waals surface area (Å²) in [5.41, 5.74) is 0.380. The van der Waals surface area contributed by atoms with E-state index >= 15 is 0 Å². The van der Waals surface area contributed by atoms with Gasteiger partial charge in [-0.1, -0.05) is 6.58 Å². The van der Waals surface area contributed by atoms with Gasteiger partial charge in [0, 0.05) is 5.57 Å². The van der Waals surface area contributed by atoms with Gasteiger partial charge in [0.05, 0.1) is 72.7 Å². The van der Waals surface area contributed by atoms with Crippen LogP contribution >= 0.6 is 0 Å². The van der Waals surface area contributed by atoms with Gasteiger partial charge in [-0.05, 0) is 26.6 Å². The topological polar surface area (TPSA) is 81.7 Å². The Labute approximate surface area is 170 Å². The quantitative estimate of drug-likeness (QED) is 0.128. The number of ether oxygens (including phenoxy) is 6. The molecular weight excluding hydrogens is 384 g/mol. The molecule has 9 heteroatoms. The van der Waals surface area contributed by atoms with Gasteiger partial charge in [0.2, 0.25) is 0 Å². The highest BCUT2D eigenvalue weighted by molar-refractivity contribution is 6.69. The fraction of sp³-hybridized carbons (Fsp3) is 0.842. The van der Waals surface area contributed by atoms with Crippen LogP contribution in [0.2, 0.25) is 19.6 Å². The Bertz CT molecular complexity index is 398. The summed E-state index contributed by atoms with van der Waals surface area (Å²) in [7, 11) is -1.44. The number of esters is 1. The number of rotatable bonds is 20. The van der Waals surface area contributed by atoms with E-state index in [9.17, 15) is 4.79 Å². The normalized spacial score (nSPS) is 11.6. The second kappa shape index (κ2) is 18.2. The molecular formula is C19H38O8Si. The fourth-order valence-electron chi connectivity index (χ4n) is 1.70. The second-order valence-electron chi connectivity index (χ2n) is 6.94. The standard InChI is InChI=1S/C19H38O8Si/c1-18(2)19(20)26-16-14-24-12-10-22-8-6-21-7-9-23-11-13-25-15-17-27-28(3,4)5/h1,6-17H2,2-5H3. The Morgan fingerprint density at radius 1 is 0.643 bits per heavy atom. The van der Waals surface area contributed by atoms with E-state index in [1.807, 2.05) is 0 Å². The molecule has 0 saturated heterocycles. The van der Waals surface area contributed by atoms with E-state index in [4.69, 9.17) is 32.8 Å². The summed E-state index contributed by atoms with van der Waals surface area (Å²) in [5, 5.41) is 0. The Kier molecular flexibility index (Phi) is 17.7. The first-order valence-electron chi connectivity index (χ1n) is 9.68. The SMILES string of the molecule is C=C(C)C(=O)OCCOCCOCCOCCOCCOCCO[Si](C)(C)C. The molecule has 0 amide bonds. The first-order chi connectivity index (χ1) is 13.3. The molecule has 0 rings (SSSR count). The number of carbonyl (C=O) groups is 1. The molecule has 0 aromatic heterocycles. The highest BCUT2D eigenvalue weighted by atomic mass is 28.4. The molecule has 166 valence electrons. The lowest BCUT2D eigenvalue weighted by Crippen LogP contribution is -2.27. The van der Waals surface area contributed by atoms with Crippen LogP contribution in [0.1, 0.15) is 6.92 Å². The zero-order valence-electron chi connectivity index (χ0n) is 18.0. The van der Waals surface area contributed by atoms with Crippen LogP contribution in [0, 0.1) is 0 Å². The first-order valence-corrected chi connectivity index (χ1v) is 13.1. The van der Waals surface area contributed by atoms with Gasteiger partial charge in [-0.2, -0.15) is 0 Å². The van der Waals surface area contributed by atoms with Crippen LogP contribution in [0.25, 0.3) is 0 Å². The molecule has 0 saturated carbocycles. The summed E-state index contributed by atoms with van der Waals surface area (Å²) in [6, 6.07) is 0. The predicted octanol–water partition coefficient (Wildman–Crippen LogP) is 2.04. The average molecular weight is 423 g/mol. The van der Waals surface area contributed by atoms with E-state index in [0.29, 0.717) is 78.2 Å². The van der Waals surface area contributed by atoms with E-state index in [2.05, 4.69) is 26.2 Å². The maximum absolute atomic E-state index is 11.1. The van der Waals surface area contributed by atoms with Gasteiger partial charge >= 0.3 is 5.97 Å². The smallest absolute Gasteiger partial charge is 0.333 e. The van der Waals surface area contributed by atoms with Gasteiger partial charge in [-0.3, -0.25) is 0 Å². The minimum absolute atomic E-state index is 0.214. The van der Waals surface area contributed by atoms with Crippen LogP contribution in [0.4, 0.5) is 0 Å². The lowest BCUT2D eigenvalue weighted by atomic mass is 10.4. The van der Waals surface area contributed by atoms with E-state index in [1.54, 1.807) is 6.92 Å². The van der Waals surface area contributed by atoms with Gasteiger partial charge in [0.1, 0.15) is 6.61 Å². The average Bonchev–Trinajstić information content (AvgIpc) is 2.62. The zero-order chi connectivity index (χ0) is 21.1. The molecule has 0 aromatic rings. The summed E-state index contributed by atoms with van der Waals surface area (Å²) in [6.45, 7) is 17.4. The third-order valence-electron chi connectivity index (χ3n) is 3.06. The van der Waals surface area contributed by atoms with Crippen LogP contribution in [0.5, 0.6) is 0 Å². The summed E-state index contributed by atoms with van der Waals surface area (Å²) in [5.74, 6) is -0.402. The lowest BCUT2D eigenvalue weighted by Gasteiger charge is -2.16. The summed E-state index contributed by atoms with van der Waals surface area (Å²) >= 11 is 0. The molecule has 0 heterocycles. The predicted molar refractivity (Wildman–Crippen MR) is 109 cm³/mol. The van der Waals surface area contributed by atoms with Crippen molar-refractivity contribution < 1.29 is 37.6 Å². The van der Waals surface area contributed by atoms with Crippen molar-refractivity contribution in [1.82, 2.24) is 0 Å². The molecule has 0 fully saturated rings. The van der Waals surface area contributed by atoms with Crippen molar-refractivity contribution in [1.29, 1.82) is 0 Å². The summed E-state index contributed by atoms with van der Waals surface area (Å²) in [4.78, 5) is 11.1. The number of hydrogen-bond donors (Lipinski definition) is 0. The highest BCUT2D eigenvalue weighted by Gasteiger charge is 2.12. The second-order valence-corrected chi connectivity index (χ2v) is 11.5. The monoisotopic (exact) mass is 422 g/mol. The van der Waals surface area contributed by atoms with Crippen LogP contribution in [-0.2, 0) is 37.6 Å². The molecule has 0 radical (unpaired) electrons. The highest BCUT2D eigenvalue weighted by Crippen LogP contribution is 2.01. The van der Waals surface area contributed by atoms with Crippen molar-refractivity contribution in [3.05, 3.63) is 12.2 Å². The molecule has 0 bridgehead atoms. The molecule has 0 aliphatic heterocycles. The van der Waals surface area contributed by atoms with Crippen LogP contribution in [-0.4, -0.2) is 93.6 Å². The molecule has 0 N–H and O–H groups in total. The van der Waals surface area contributed by atoms with Crippen molar-refractivity contribution in [2.75, 3.05) is 79.3 Å². The maximum Gasteiger partial charge on any atom is 0.333 e. The molecule has 0 unspecified atom stereocenters. The van der Waals surface area contributed by atoms with Gasteiger partial charge in [-0.15, -0.1) is 0 Å². The van der Waals surface area contributed by atoms with Crippen molar-refractivity contribution in [2.24, 2.45) is 0 Å². The van der Waals surface area contributed by atoms with E-state index < -0.39 is 14.3 Å². The number of hydrogen-bond acceptors (Lipinski definition) is 8. The largest absolute Gasteiger partial charge is 0.460 e. The minimum atomic E-state index is -1.44. The summed E-state index contributed by atoms with van der Waals surface area (Å²) in [6.07, 6.45) is 0. The Balaban J connectivity index is 3.10. The molecule has 28 heavy (non-hydrogen) atoms. The van der Waals surface area contributed by atoms with E-state index in [1.165, 1.54) is 0 Å². The molecule has 0 aliphatic rings. The Morgan fingerprint density at radius 3 is 1.29 bits per heavy atom. The summed E-state index contributed by atoms with van der Waals surface area (Å²) < 4.78 is 37.5. The van der Waals surface area contributed by atoms with Crippen molar-refractivity contribution in [2.45, 2.75) is 26.6 Å². The Morgan fingerprint density at radius 2 is 0.964 bits per heavy atom. The maximum atomic E-state index is 11.1. The van der Waals surface area contributed by atoms with Crippen molar-refractivity contribution in [3.63, 3.8) is 0 Å². The fourth-order valence-corrected chi connectivity index (χ4v) is 2.40. The molecule has 0 atom stereocenters. The van der Waals surface area contributed by atoms with Crippen LogP contribution in [0.3, 0.4) is 0 Å². The van der Waals surface area contributed by atoms with E-state index in [-0.39, 0.29) is 6.61 Å². The third-order valence-corrected chi connectivity index (χ3v) is 4.13.